The first kappa shape index (κ1) is 19.7. The van der Waals surface area contributed by atoms with Gasteiger partial charge in [-0.2, -0.15) is 0 Å². The van der Waals surface area contributed by atoms with Crippen LogP contribution in [0, 0.1) is 0 Å². The van der Waals surface area contributed by atoms with Crippen molar-refractivity contribution in [2.24, 2.45) is 7.05 Å². The van der Waals surface area contributed by atoms with Gasteiger partial charge in [0.15, 0.2) is 0 Å². The zero-order valence-corrected chi connectivity index (χ0v) is 17.4. The summed E-state index contributed by atoms with van der Waals surface area (Å²) >= 11 is 0. The molecule has 4 aromatic rings. The van der Waals surface area contributed by atoms with Gasteiger partial charge in [-0.25, -0.2) is 8.42 Å². The van der Waals surface area contributed by atoms with Crippen LogP contribution in [0.15, 0.2) is 89.8 Å². The summed E-state index contributed by atoms with van der Waals surface area (Å²) in [5, 5.41) is 3.77. The quantitative estimate of drug-likeness (QED) is 0.526. The topological polar surface area (TPSA) is 71.4 Å². The van der Waals surface area contributed by atoms with Crippen LogP contribution in [0.4, 0.5) is 11.4 Å². The lowest BCUT2D eigenvalue weighted by molar-refractivity contribution is 0.101. The van der Waals surface area contributed by atoms with Crippen molar-refractivity contribution in [2.75, 3.05) is 16.7 Å². The third kappa shape index (κ3) is 3.55. The molecule has 0 fully saturated rings. The fraction of sp³-hybridized carbons (Fsp3) is 0.0870. The van der Waals surface area contributed by atoms with E-state index >= 15 is 0 Å². The highest BCUT2D eigenvalue weighted by molar-refractivity contribution is 7.92. The van der Waals surface area contributed by atoms with Crippen molar-refractivity contribution in [3.05, 3.63) is 90.6 Å². The molecule has 0 aliphatic rings. The molecule has 0 spiro atoms. The van der Waals surface area contributed by atoms with Gasteiger partial charge in [0.1, 0.15) is 5.69 Å². The van der Waals surface area contributed by atoms with Crippen molar-refractivity contribution >= 4 is 38.2 Å². The number of nitrogens with one attached hydrogen (secondary N) is 1. The lowest BCUT2D eigenvalue weighted by Crippen LogP contribution is -2.26. The van der Waals surface area contributed by atoms with E-state index in [2.05, 4.69) is 5.32 Å². The van der Waals surface area contributed by atoms with E-state index in [9.17, 15) is 13.2 Å². The molecule has 0 saturated carbocycles. The molecule has 152 valence electrons. The number of fused-ring (bicyclic) bond motifs is 1. The number of aryl methyl sites for hydroxylation is 1. The third-order valence-corrected chi connectivity index (χ3v) is 6.84. The van der Waals surface area contributed by atoms with Crippen LogP contribution in [-0.2, 0) is 17.1 Å². The molecule has 0 atom stereocenters. The second kappa shape index (κ2) is 7.68. The number of hydrogen-bond acceptors (Lipinski definition) is 3. The maximum Gasteiger partial charge on any atom is 0.272 e. The van der Waals surface area contributed by atoms with E-state index in [-0.39, 0.29) is 10.8 Å². The molecule has 1 aromatic heterocycles. The molecule has 1 heterocycles. The molecule has 3 aromatic carbocycles. The number of benzene rings is 3. The molecule has 30 heavy (non-hydrogen) atoms. The van der Waals surface area contributed by atoms with Crippen molar-refractivity contribution in [3.8, 4) is 0 Å². The van der Waals surface area contributed by atoms with Gasteiger partial charge in [-0.1, -0.05) is 42.5 Å². The van der Waals surface area contributed by atoms with Crippen molar-refractivity contribution in [3.63, 3.8) is 0 Å². The molecule has 0 saturated heterocycles. The molecule has 0 bridgehead atoms. The van der Waals surface area contributed by atoms with Crippen LogP contribution >= 0.6 is 0 Å². The lowest BCUT2D eigenvalue weighted by Gasteiger charge is -2.20. The summed E-state index contributed by atoms with van der Waals surface area (Å²) in [5.74, 6) is -0.306. The first-order valence-corrected chi connectivity index (χ1v) is 10.8. The summed E-state index contributed by atoms with van der Waals surface area (Å²) in [4.78, 5) is 12.9. The fourth-order valence-electron chi connectivity index (χ4n) is 3.37. The number of hydrogen-bond donors (Lipinski definition) is 1. The van der Waals surface area contributed by atoms with Crippen molar-refractivity contribution in [1.29, 1.82) is 0 Å². The van der Waals surface area contributed by atoms with Gasteiger partial charge >= 0.3 is 0 Å². The molecule has 0 radical (unpaired) electrons. The largest absolute Gasteiger partial charge is 0.340 e. The zero-order chi connectivity index (χ0) is 21.3. The van der Waals surface area contributed by atoms with E-state index in [4.69, 9.17) is 0 Å². The minimum absolute atomic E-state index is 0.101. The number of aromatic nitrogens is 1. The van der Waals surface area contributed by atoms with E-state index < -0.39 is 10.0 Å². The highest BCUT2D eigenvalue weighted by Gasteiger charge is 2.22. The Balaban J connectivity index is 1.62. The van der Waals surface area contributed by atoms with Crippen molar-refractivity contribution in [1.82, 2.24) is 4.57 Å². The average Bonchev–Trinajstić information content (AvgIpc) is 3.11. The number of amides is 1. The van der Waals surface area contributed by atoms with Gasteiger partial charge in [0.05, 0.1) is 10.6 Å². The summed E-state index contributed by atoms with van der Waals surface area (Å²) in [6, 6.07) is 24.6. The van der Waals surface area contributed by atoms with Gasteiger partial charge in [0.25, 0.3) is 15.9 Å². The molecule has 6 nitrogen and oxygen atoms in total. The first-order valence-electron chi connectivity index (χ1n) is 9.38. The Morgan fingerprint density at radius 3 is 2.33 bits per heavy atom. The van der Waals surface area contributed by atoms with Gasteiger partial charge in [-0.15, -0.1) is 0 Å². The van der Waals surface area contributed by atoms with Crippen LogP contribution in [0.5, 0.6) is 0 Å². The van der Waals surface area contributed by atoms with Crippen LogP contribution in [0.1, 0.15) is 10.5 Å². The Morgan fingerprint density at radius 1 is 0.900 bits per heavy atom. The number of para-hydroxylation sites is 2. The van der Waals surface area contributed by atoms with Gasteiger partial charge in [-0.3, -0.25) is 9.10 Å². The van der Waals surface area contributed by atoms with Crippen LogP contribution < -0.4 is 9.62 Å². The van der Waals surface area contributed by atoms with Gasteiger partial charge in [-0.05, 0) is 42.5 Å². The number of rotatable bonds is 5. The van der Waals surface area contributed by atoms with Crippen LogP contribution in [0.25, 0.3) is 10.9 Å². The predicted molar refractivity (Wildman–Crippen MR) is 119 cm³/mol. The monoisotopic (exact) mass is 419 g/mol. The van der Waals surface area contributed by atoms with Crippen LogP contribution in [0.3, 0.4) is 0 Å². The second-order valence-electron chi connectivity index (χ2n) is 6.94. The van der Waals surface area contributed by atoms with E-state index in [1.165, 1.54) is 23.5 Å². The number of carbonyl (C=O) groups excluding carboxylic acids is 1. The highest BCUT2D eigenvalue weighted by Crippen LogP contribution is 2.24. The third-order valence-electron chi connectivity index (χ3n) is 5.05. The SMILES string of the molecule is CN(c1ccccc1)S(=O)(=O)c1cccc(NC(=O)c2cc3ccccc3n2C)c1. The minimum Gasteiger partial charge on any atom is -0.340 e. The maximum absolute atomic E-state index is 13.0. The maximum atomic E-state index is 13.0. The molecular formula is C23H21N3O3S. The number of sulfonamides is 1. The Morgan fingerprint density at radius 2 is 1.60 bits per heavy atom. The van der Waals surface area contributed by atoms with E-state index in [0.717, 1.165) is 10.9 Å². The van der Waals surface area contributed by atoms with E-state index in [1.54, 1.807) is 36.4 Å². The molecule has 0 aliphatic heterocycles. The van der Waals surface area contributed by atoms with Crippen molar-refractivity contribution < 1.29 is 13.2 Å². The molecular weight excluding hydrogens is 398 g/mol. The average molecular weight is 420 g/mol. The summed E-state index contributed by atoms with van der Waals surface area (Å²) in [6.07, 6.45) is 0. The predicted octanol–water partition coefficient (Wildman–Crippen LogP) is 4.26. The van der Waals surface area contributed by atoms with E-state index in [0.29, 0.717) is 17.1 Å². The summed E-state index contributed by atoms with van der Waals surface area (Å²) in [5.41, 5.74) is 2.41. The molecule has 0 aliphatic carbocycles. The Hall–Kier alpha value is -3.58. The first-order chi connectivity index (χ1) is 14.4. The number of carbonyl (C=O) groups is 1. The van der Waals surface area contributed by atoms with Crippen molar-refractivity contribution in [2.45, 2.75) is 4.90 Å². The Labute approximate surface area is 175 Å². The van der Waals surface area contributed by atoms with Crippen LogP contribution in [-0.4, -0.2) is 25.9 Å². The van der Waals surface area contributed by atoms with Crippen LogP contribution in [0.2, 0.25) is 0 Å². The minimum atomic E-state index is -3.77. The summed E-state index contributed by atoms with van der Waals surface area (Å²) < 4.78 is 29.1. The standard InChI is InChI=1S/C23H21N3O3S/c1-25-21-14-7-6-9-17(21)15-22(25)23(27)24-18-10-8-13-20(16-18)30(28,29)26(2)19-11-4-3-5-12-19/h3-16H,1-2H3,(H,24,27). The molecule has 0 unspecified atom stereocenters. The second-order valence-corrected chi connectivity index (χ2v) is 8.91. The molecule has 1 amide bonds. The Bertz CT molecular complexity index is 1330. The normalized spacial score (nSPS) is 11.4. The fourth-order valence-corrected chi connectivity index (χ4v) is 4.61. The van der Waals surface area contributed by atoms with E-state index in [1.807, 2.05) is 48.0 Å². The summed E-state index contributed by atoms with van der Waals surface area (Å²) in [7, 11) is -0.435. The van der Waals surface area contributed by atoms with Gasteiger partial charge < -0.3 is 9.88 Å². The Kier molecular flexibility index (Phi) is 5.05. The zero-order valence-electron chi connectivity index (χ0n) is 16.6. The number of anilines is 2. The number of nitrogens with zero attached hydrogens (tertiary/aromatic N) is 2. The molecule has 1 N–H and O–H groups in total. The smallest absolute Gasteiger partial charge is 0.272 e. The molecule has 4 rings (SSSR count). The highest BCUT2D eigenvalue weighted by atomic mass is 32.2. The lowest BCUT2D eigenvalue weighted by atomic mass is 10.2. The van der Waals surface area contributed by atoms with Gasteiger partial charge in [0, 0.05) is 30.7 Å². The molecule has 7 heteroatoms. The summed E-state index contributed by atoms with van der Waals surface area (Å²) in [6.45, 7) is 0. The van der Waals surface area contributed by atoms with Gasteiger partial charge in [0.2, 0.25) is 0 Å².